The van der Waals surface area contributed by atoms with Gasteiger partial charge in [-0.3, -0.25) is 0 Å². The molecule has 0 bridgehead atoms. The van der Waals surface area contributed by atoms with E-state index < -0.39 is 10.2 Å². The van der Waals surface area contributed by atoms with Crippen LogP contribution in [-0.2, 0) is 10.2 Å². The molecular weight excluding hydrogens is 124 g/mol. The molecule has 0 aliphatic rings. The van der Waals surface area contributed by atoms with Crippen molar-refractivity contribution in [2.24, 2.45) is 9.16 Å². The first kappa shape index (κ1) is 6.15. The van der Waals surface area contributed by atoms with Gasteiger partial charge in [-0.25, -0.2) is 0 Å². The van der Waals surface area contributed by atoms with Crippen LogP contribution in [0.1, 0.15) is 0 Å². The minimum atomic E-state index is -4.52. The lowest BCUT2D eigenvalue weighted by Crippen LogP contribution is -1.82. The maximum absolute atomic E-state index is 9.41. The summed E-state index contributed by atoms with van der Waals surface area (Å²) in [6.07, 6.45) is 0. The van der Waals surface area contributed by atoms with E-state index in [1.165, 1.54) is 9.16 Å². The minimum absolute atomic E-state index is 1.38. The number of hydrogen-bond acceptors (Lipinski definition) is 4. The third kappa shape index (κ3) is 1.93. The van der Waals surface area contributed by atoms with Crippen LogP contribution < -0.4 is 0 Å². The average Bonchev–Trinajstić information content (AvgIpc) is 1.68. The number of rotatable bonds is 2. The maximum Gasteiger partial charge on any atom is 0.431 e. The third-order valence-corrected chi connectivity index (χ3v) is 0.565. The number of nitrogens with zero attached hydrogens (tertiary/aromatic N) is 2. The molecule has 0 saturated carbocycles. The lowest BCUT2D eigenvalue weighted by molar-refractivity contribution is 0.599. The molecule has 0 aromatic heterocycles. The highest BCUT2D eigenvalue weighted by atomic mass is 32.2. The second-order valence-corrected chi connectivity index (χ2v) is 1.79. The van der Waals surface area contributed by atoms with Gasteiger partial charge < -0.3 is 0 Å². The molecule has 0 heterocycles. The highest BCUT2D eigenvalue weighted by Gasteiger charge is 2.04. The summed E-state index contributed by atoms with van der Waals surface area (Å²) in [6.45, 7) is 0. The zero-order valence-electron chi connectivity index (χ0n) is 2.94. The first-order valence-electron chi connectivity index (χ1n) is 1.06. The van der Waals surface area contributed by atoms with Gasteiger partial charge in [-0.1, -0.05) is 0 Å². The molecule has 0 spiro atoms. The molecule has 0 fully saturated rings. The molecule has 0 aliphatic heterocycles. The van der Waals surface area contributed by atoms with Crippen molar-refractivity contribution in [1.82, 2.24) is 0 Å². The summed E-state index contributed by atoms with van der Waals surface area (Å²) in [5, 5.41) is 0. The van der Waals surface area contributed by atoms with Crippen LogP contribution in [0, 0.1) is 9.81 Å². The Labute approximate surface area is 38.7 Å². The predicted octanol–water partition coefficient (Wildman–Crippen LogP) is -0.236. The molecule has 0 aromatic carbocycles. The Balaban J connectivity index is 4.49. The lowest BCUT2D eigenvalue weighted by Gasteiger charge is -1.65. The second kappa shape index (κ2) is 1.73. The topological polar surface area (TPSA) is 93.0 Å². The normalized spacial score (nSPS) is 10.3. The van der Waals surface area contributed by atoms with Crippen molar-refractivity contribution in [2.45, 2.75) is 0 Å². The second-order valence-electron chi connectivity index (χ2n) is 0.597. The zero-order valence-corrected chi connectivity index (χ0v) is 3.75. The van der Waals surface area contributed by atoms with Gasteiger partial charge in [0.25, 0.3) is 0 Å². The summed E-state index contributed by atoms with van der Waals surface area (Å²) < 4.78 is 21.6. The monoisotopic (exact) mass is 124 g/mol. The fraction of sp³-hybridized carbons (Fsp3) is 0. The van der Waals surface area contributed by atoms with E-state index in [0.717, 1.165) is 0 Å². The van der Waals surface area contributed by atoms with Crippen LogP contribution in [0.3, 0.4) is 0 Å². The van der Waals surface area contributed by atoms with E-state index in [4.69, 9.17) is 9.81 Å². The summed E-state index contributed by atoms with van der Waals surface area (Å²) in [5.74, 6) is 0. The van der Waals surface area contributed by atoms with E-state index in [0.29, 0.717) is 0 Å². The Morgan fingerprint density at radius 1 is 1.00 bits per heavy atom. The lowest BCUT2D eigenvalue weighted by atomic mass is 13.7. The van der Waals surface area contributed by atoms with Crippen molar-refractivity contribution in [2.75, 3.05) is 0 Å². The fourth-order valence-corrected chi connectivity index (χ4v) is 0.0408. The van der Waals surface area contributed by atoms with Crippen molar-refractivity contribution < 1.29 is 8.42 Å². The Hall–Kier alpha value is -0.850. The molecular formula is N2O4S. The van der Waals surface area contributed by atoms with Crippen LogP contribution in [0.5, 0.6) is 0 Å². The molecule has 0 saturated heterocycles. The standard InChI is InChI=1S/N2O4S/c3-1-7(5,6)2-4. The highest BCUT2D eigenvalue weighted by Crippen LogP contribution is 1.87. The zero-order chi connectivity index (χ0) is 5.91. The first-order chi connectivity index (χ1) is 3.12. The van der Waals surface area contributed by atoms with Gasteiger partial charge in [-0.2, -0.15) is 8.42 Å². The van der Waals surface area contributed by atoms with E-state index >= 15 is 0 Å². The van der Waals surface area contributed by atoms with Crippen LogP contribution in [0.4, 0.5) is 0 Å². The quantitative estimate of drug-likeness (QED) is 0.475. The van der Waals surface area contributed by atoms with E-state index in [9.17, 15) is 8.42 Å². The smallest absolute Gasteiger partial charge is 0.173 e. The van der Waals surface area contributed by atoms with Gasteiger partial charge >= 0.3 is 10.2 Å². The number of hydrogen-bond donors (Lipinski definition) is 0. The van der Waals surface area contributed by atoms with Crippen molar-refractivity contribution in [3.8, 4) is 0 Å². The SMILES string of the molecule is O=NS(=O)(=O)N=O. The largest absolute Gasteiger partial charge is 0.431 e. The summed E-state index contributed by atoms with van der Waals surface area (Å²) in [7, 11) is -4.52. The molecule has 0 amide bonds. The molecule has 6 nitrogen and oxygen atoms in total. The van der Waals surface area contributed by atoms with Crippen LogP contribution in [-0.4, -0.2) is 8.42 Å². The summed E-state index contributed by atoms with van der Waals surface area (Å²) in [4.78, 5) is 17.9. The van der Waals surface area contributed by atoms with Gasteiger partial charge in [0.1, 0.15) is 0 Å². The van der Waals surface area contributed by atoms with E-state index in [2.05, 4.69) is 0 Å². The van der Waals surface area contributed by atoms with Gasteiger partial charge in [-0.05, 0) is 0 Å². The summed E-state index contributed by atoms with van der Waals surface area (Å²) in [5.41, 5.74) is 0. The third-order valence-electron chi connectivity index (χ3n) is 0.188. The molecule has 0 aromatic rings. The molecule has 40 valence electrons. The molecule has 0 unspecified atom stereocenters. The Bertz CT molecular complexity index is 150. The van der Waals surface area contributed by atoms with E-state index in [1.807, 2.05) is 0 Å². The molecule has 0 radical (unpaired) electrons. The fourth-order valence-electron chi connectivity index (χ4n) is 0.0136. The van der Waals surface area contributed by atoms with Crippen molar-refractivity contribution in [1.29, 1.82) is 0 Å². The summed E-state index contributed by atoms with van der Waals surface area (Å²) >= 11 is 0. The minimum Gasteiger partial charge on any atom is -0.173 e. The van der Waals surface area contributed by atoms with Crippen molar-refractivity contribution in [3.63, 3.8) is 0 Å². The van der Waals surface area contributed by atoms with Gasteiger partial charge in [0.2, 0.25) is 0 Å². The maximum atomic E-state index is 9.41. The van der Waals surface area contributed by atoms with Gasteiger partial charge in [-0.15, -0.1) is 9.81 Å². The van der Waals surface area contributed by atoms with Crippen LogP contribution in [0.15, 0.2) is 9.16 Å². The van der Waals surface area contributed by atoms with Crippen LogP contribution >= 0.6 is 0 Å². The summed E-state index contributed by atoms with van der Waals surface area (Å²) in [6, 6.07) is 0. The van der Waals surface area contributed by atoms with Crippen LogP contribution in [0.25, 0.3) is 0 Å². The van der Waals surface area contributed by atoms with Crippen LogP contribution in [0.2, 0.25) is 0 Å². The molecule has 0 N–H and O–H groups in total. The Kier molecular flexibility index (Phi) is 1.52. The molecule has 7 heavy (non-hydrogen) atoms. The Morgan fingerprint density at radius 2 is 1.29 bits per heavy atom. The van der Waals surface area contributed by atoms with Gasteiger partial charge in [0, 0.05) is 0 Å². The van der Waals surface area contributed by atoms with Crippen molar-refractivity contribution in [3.05, 3.63) is 9.81 Å². The first-order valence-corrected chi connectivity index (χ1v) is 2.46. The molecule has 0 aliphatic carbocycles. The average molecular weight is 124 g/mol. The molecule has 0 rings (SSSR count). The molecule has 7 heteroatoms. The van der Waals surface area contributed by atoms with E-state index in [1.54, 1.807) is 0 Å². The number of nitroso groups, excluding NO2 is 2. The van der Waals surface area contributed by atoms with Gasteiger partial charge in [0.05, 0.1) is 9.16 Å². The Morgan fingerprint density at radius 3 is 1.29 bits per heavy atom. The van der Waals surface area contributed by atoms with Gasteiger partial charge in [0.15, 0.2) is 0 Å². The molecule has 0 atom stereocenters. The highest BCUT2D eigenvalue weighted by molar-refractivity contribution is 7.88. The van der Waals surface area contributed by atoms with Crippen molar-refractivity contribution >= 4 is 10.2 Å². The predicted molar refractivity (Wildman–Crippen MR) is 20.5 cm³/mol. The van der Waals surface area contributed by atoms with E-state index in [-0.39, 0.29) is 0 Å².